The van der Waals surface area contributed by atoms with E-state index in [-0.39, 0.29) is 11.4 Å². The summed E-state index contributed by atoms with van der Waals surface area (Å²) < 4.78 is 0. The number of hydrogen-bond acceptors (Lipinski definition) is 3. The average molecular weight is 285 g/mol. The summed E-state index contributed by atoms with van der Waals surface area (Å²) in [5, 5.41) is 6.60. The molecule has 1 amide bonds. The zero-order chi connectivity index (χ0) is 14.4. The van der Waals surface area contributed by atoms with Crippen LogP contribution in [0.4, 0.5) is 11.4 Å². The molecule has 4 nitrogen and oxygen atoms in total. The number of rotatable bonds is 0. The molecule has 3 aliphatic heterocycles. The third-order valence-corrected chi connectivity index (χ3v) is 5.56. The second kappa shape index (κ2) is 4.73. The Morgan fingerprint density at radius 3 is 3.10 bits per heavy atom. The molecule has 1 aromatic rings. The summed E-state index contributed by atoms with van der Waals surface area (Å²) in [4.78, 5) is 14.5. The number of para-hydroxylation sites is 1. The molecule has 0 aliphatic carbocycles. The molecule has 0 radical (unpaired) electrons. The fourth-order valence-corrected chi connectivity index (χ4v) is 4.46. The van der Waals surface area contributed by atoms with E-state index in [1.165, 1.54) is 30.5 Å². The second-order valence-electron chi connectivity index (χ2n) is 6.78. The first kappa shape index (κ1) is 13.1. The van der Waals surface area contributed by atoms with Crippen molar-refractivity contribution in [3.8, 4) is 0 Å². The van der Waals surface area contributed by atoms with Crippen molar-refractivity contribution in [2.24, 2.45) is 0 Å². The highest BCUT2D eigenvalue weighted by atomic mass is 16.2. The molecule has 1 fully saturated rings. The smallest absolute Gasteiger partial charge is 0.243 e. The fourth-order valence-electron chi connectivity index (χ4n) is 4.46. The molecule has 2 N–H and O–H groups in total. The molecule has 1 saturated heterocycles. The first-order chi connectivity index (χ1) is 10.2. The number of benzene rings is 1. The van der Waals surface area contributed by atoms with E-state index in [9.17, 15) is 4.79 Å². The first-order valence-electron chi connectivity index (χ1n) is 8.11. The van der Waals surface area contributed by atoms with Crippen LogP contribution in [0.2, 0.25) is 0 Å². The van der Waals surface area contributed by atoms with Crippen molar-refractivity contribution in [1.82, 2.24) is 5.32 Å². The molecule has 0 unspecified atom stereocenters. The van der Waals surface area contributed by atoms with E-state index in [1.54, 1.807) is 0 Å². The number of fused-ring (bicyclic) bond motifs is 3. The van der Waals surface area contributed by atoms with Gasteiger partial charge in [0.05, 0.1) is 17.9 Å². The molecule has 4 rings (SSSR count). The van der Waals surface area contributed by atoms with Crippen LogP contribution in [0.5, 0.6) is 0 Å². The number of carbonyl (C=O) groups is 1. The van der Waals surface area contributed by atoms with Crippen LogP contribution in [-0.4, -0.2) is 31.1 Å². The van der Waals surface area contributed by atoms with Gasteiger partial charge in [0, 0.05) is 11.5 Å². The Hall–Kier alpha value is -1.55. The average Bonchev–Trinajstić information content (AvgIpc) is 2.74. The van der Waals surface area contributed by atoms with E-state index < -0.39 is 0 Å². The van der Waals surface area contributed by atoms with Crippen LogP contribution in [0.1, 0.15) is 44.1 Å². The van der Waals surface area contributed by atoms with Gasteiger partial charge in [-0.2, -0.15) is 0 Å². The van der Waals surface area contributed by atoms with E-state index in [1.807, 2.05) is 6.07 Å². The van der Waals surface area contributed by atoms with Gasteiger partial charge in [0.2, 0.25) is 5.91 Å². The molecule has 0 saturated carbocycles. The maximum atomic E-state index is 12.1. The first-order valence-corrected chi connectivity index (χ1v) is 8.11. The van der Waals surface area contributed by atoms with Crippen molar-refractivity contribution in [2.75, 3.05) is 29.9 Å². The highest BCUT2D eigenvalue weighted by Crippen LogP contribution is 2.55. The Bertz CT molecular complexity index is 585. The highest BCUT2D eigenvalue weighted by molar-refractivity contribution is 6.03. The number of hydrogen-bond donors (Lipinski definition) is 2. The Balaban J connectivity index is 1.84. The molecule has 4 heteroatoms. The highest BCUT2D eigenvalue weighted by Gasteiger charge is 2.50. The fraction of sp³-hybridized carbons (Fsp3) is 0.588. The second-order valence-corrected chi connectivity index (χ2v) is 6.78. The van der Waals surface area contributed by atoms with Crippen LogP contribution in [0, 0.1) is 0 Å². The van der Waals surface area contributed by atoms with Gasteiger partial charge < -0.3 is 15.5 Å². The minimum absolute atomic E-state index is 0.0630. The lowest BCUT2D eigenvalue weighted by molar-refractivity contribution is -0.115. The van der Waals surface area contributed by atoms with Crippen LogP contribution in [0.25, 0.3) is 0 Å². The summed E-state index contributed by atoms with van der Waals surface area (Å²) >= 11 is 0. The Labute approximate surface area is 125 Å². The van der Waals surface area contributed by atoms with Crippen LogP contribution in [0.3, 0.4) is 0 Å². The Morgan fingerprint density at radius 1 is 1.29 bits per heavy atom. The number of carbonyl (C=O) groups excluding carboxylic acids is 1. The monoisotopic (exact) mass is 285 g/mol. The van der Waals surface area contributed by atoms with Crippen molar-refractivity contribution < 1.29 is 4.79 Å². The maximum absolute atomic E-state index is 12.1. The molecule has 3 heterocycles. The molecule has 0 bridgehead atoms. The van der Waals surface area contributed by atoms with Gasteiger partial charge in [-0.05, 0) is 50.9 Å². The minimum Gasteiger partial charge on any atom is -0.354 e. The largest absolute Gasteiger partial charge is 0.354 e. The summed E-state index contributed by atoms with van der Waals surface area (Å²) in [5.74, 6) is 0.661. The molecule has 0 aromatic heterocycles. The van der Waals surface area contributed by atoms with E-state index in [2.05, 4.69) is 34.6 Å². The summed E-state index contributed by atoms with van der Waals surface area (Å²) in [6.45, 7) is 5.01. The third-order valence-electron chi connectivity index (χ3n) is 5.56. The van der Waals surface area contributed by atoms with E-state index in [0.717, 1.165) is 25.2 Å². The molecule has 1 aromatic carbocycles. The predicted molar refractivity (Wildman–Crippen MR) is 84.9 cm³/mol. The quantitative estimate of drug-likeness (QED) is 0.769. The van der Waals surface area contributed by atoms with Crippen LogP contribution in [-0.2, 0) is 4.79 Å². The van der Waals surface area contributed by atoms with Gasteiger partial charge in [0.25, 0.3) is 0 Å². The van der Waals surface area contributed by atoms with Gasteiger partial charge in [-0.3, -0.25) is 4.79 Å². The summed E-state index contributed by atoms with van der Waals surface area (Å²) in [6.07, 6.45) is 4.82. The SMILES string of the molecule is C[C@]12CCNCCCC[C@@H]1c1cccc3c1N2CC(=O)N3. The topological polar surface area (TPSA) is 44.4 Å². The molecule has 21 heavy (non-hydrogen) atoms. The summed E-state index contributed by atoms with van der Waals surface area (Å²) in [6, 6.07) is 6.40. The van der Waals surface area contributed by atoms with E-state index in [0.29, 0.717) is 12.5 Å². The Kier molecular flexibility index (Phi) is 2.96. The van der Waals surface area contributed by atoms with E-state index >= 15 is 0 Å². The normalized spacial score (nSPS) is 31.6. The number of amides is 1. The lowest BCUT2D eigenvalue weighted by atomic mass is 9.78. The lowest BCUT2D eigenvalue weighted by Gasteiger charge is -2.42. The van der Waals surface area contributed by atoms with Crippen molar-refractivity contribution in [3.63, 3.8) is 0 Å². The summed E-state index contributed by atoms with van der Waals surface area (Å²) in [5.41, 5.74) is 3.79. The molecule has 2 atom stereocenters. The predicted octanol–water partition coefficient (Wildman–Crippen LogP) is 2.46. The zero-order valence-corrected chi connectivity index (χ0v) is 12.6. The van der Waals surface area contributed by atoms with Gasteiger partial charge in [-0.1, -0.05) is 18.6 Å². The molecule has 3 aliphatic rings. The van der Waals surface area contributed by atoms with Gasteiger partial charge >= 0.3 is 0 Å². The number of anilines is 2. The molecule has 0 spiro atoms. The molecule has 112 valence electrons. The van der Waals surface area contributed by atoms with Crippen molar-refractivity contribution >= 4 is 17.3 Å². The van der Waals surface area contributed by atoms with Crippen molar-refractivity contribution in [3.05, 3.63) is 23.8 Å². The van der Waals surface area contributed by atoms with E-state index in [4.69, 9.17) is 0 Å². The van der Waals surface area contributed by atoms with Crippen LogP contribution < -0.4 is 15.5 Å². The minimum atomic E-state index is 0.0630. The third kappa shape index (κ3) is 1.89. The summed E-state index contributed by atoms with van der Waals surface area (Å²) in [7, 11) is 0. The van der Waals surface area contributed by atoms with Crippen molar-refractivity contribution in [2.45, 2.75) is 44.1 Å². The standard InChI is InChI=1S/C17H23N3O/c1-17-8-10-18-9-3-2-6-13(17)12-5-4-7-14-16(12)20(17)11-15(21)19-14/h4-5,7,13,18H,2-3,6,8-11H2,1H3,(H,19,21)/t13-,17+/m1/s1. The van der Waals surface area contributed by atoms with Gasteiger partial charge in [0.1, 0.15) is 0 Å². The zero-order valence-electron chi connectivity index (χ0n) is 12.6. The van der Waals surface area contributed by atoms with Gasteiger partial charge in [0.15, 0.2) is 0 Å². The van der Waals surface area contributed by atoms with Gasteiger partial charge in [-0.15, -0.1) is 0 Å². The molecular weight excluding hydrogens is 262 g/mol. The maximum Gasteiger partial charge on any atom is 0.243 e. The lowest BCUT2D eigenvalue weighted by Crippen LogP contribution is -2.52. The number of nitrogens with zero attached hydrogens (tertiary/aromatic N) is 1. The Morgan fingerprint density at radius 2 is 2.19 bits per heavy atom. The van der Waals surface area contributed by atoms with Crippen molar-refractivity contribution in [1.29, 1.82) is 0 Å². The van der Waals surface area contributed by atoms with Crippen LogP contribution >= 0.6 is 0 Å². The molecular formula is C17H23N3O. The van der Waals surface area contributed by atoms with Gasteiger partial charge in [-0.25, -0.2) is 0 Å². The van der Waals surface area contributed by atoms with Crippen LogP contribution in [0.15, 0.2) is 18.2 Å². The number of nitrogens with one attached hydrogen (secondary N) is 2.